The molecular formula is C17H28N2O+2. The monoisotopic (exact) mass is 276 g/mol. The lowest BCUT2D eigenvalue weighted by molar-refractivity contribution is -0.947. The lowest BCUT2D eigenvalue weighted by atomic mass is 9.94. The van der Waals surface area contributed by atoms with Gasteiger partial charge in [-0.2, -0.15) is 0 Å². The maximum Gasteiger partial charge on any atom is 0.167 e. The van der Waals surface area contributed by atoms with E-state index in [1.54, 1.807) is 4.90 Å². The maximum absolute atomic E-state index is 5.93. The minimum absolute atomic E-state index is 0.625. The third kappa shape index (κ3) is 2.84. The van der Waals surface area contributed by atoms with Crippen LogP contribution in [0.25, 0.3) is 0 Å². The minimum atomic E-state index is 0.625. The number of fused-ring (bicyclic) bond motifs is 1. The van der Waals surface area contributed by atoms with Crippen molar-refractivity contribution in [3.05, 3.63) is 29.3 Å². The number of hydrogen-bond acceptors (Lipinski definition) is 1. The summed E-state index contributed by atoms with van der Waals surface area (Å²) in [5.74, 6) is 1.14. The van der Waals surface area contributed by atoms with Crippen molar-refractivity contribution in [3.8, 4) is 5.75 Å². The molecule has 3 N–H and O–H groups in total. The van der Waals surface area contributed by atoms with E-state index in [-0.39, 0.29) is 0 Å². The van der Waals surface area contributed by atoms with Crippen LogP contribution in [0, 0.1) is 0 Å². The largest absolute Gasteiger partial charge is 0.493 e. The molecule has 0 radical (unpaired) electrons. The molecule has 3 nitrogen and oxygen atoms in total. The topological polar surface area (TPSA) is 30.3 Å². The normalized spacial score (nSPS) is 23.9. The van der Waals surface area contributed by atoms with Gasteiger partial charge >= 0.3 is 0 Å². The van der Waals surface area contributed by atoms with Gasteiger partial charge in [-0.1, -0.05) is 12.1 Å². The summed E-state index contributed by atoms with van der Waals surface area (Å²) in [6.45, 7) is 7.84. The van der Waals surface area contributed by atoms with Gasteiger partial charge in [-0.15, -0.1) is 0 Å². The first kappa shape index (κ1) is 13.9. The predicted octanol–water partition coefficient (Wildman–Crippen LogP) is 0.662. The lowest BCUT2D eigenvalue weighted by Gasteiger charge is -2.32. The summed E-state index contributed by atoms with van der Waals surface area (Å²) in [5, 5.41) is 2.47. The van der Waals surface area contributed by atoms with Crippen molar-refractivity contribution in [2.45, 2.75) is 45.2 Å². The van der Waals surface area contributed by atoms with E-state index in [2.05, 4.69) is 30.4 Å². The zero-order valence-electron chi connectivity index (χ0n) is 12.7. The number of nitrogens with two attached hydrogens (primary N) is 1. The molecule has 3 rings (SSSR count). The second-order valence-electron chi connectivity index (χ2n) is 6.12. The van der Waals surface area contributed by atoms with Crippen LogP contribution < -0.4 is 15.0 Å². The molecule has 0 aliphatic carbocycles. The van der Waals surface area contributed by atoms with Gasteiger partial charge in [0.1, 0.15) is 18.8 Å². The smallest absolute Gasteiger partial charge is 0.167 e. The van der Waals surface area contributed by atoms with Crippen molar-refractivity contribution >= 4 is 0 Å². The van der Waals surface area contributed by atoms with Crippen LogP contribution in [0.1, 0.15) is 49.8 Å². The molecule has 3 heteroatoms. The van der Waals surface area contributed by atoms with Crippen LogP contribution in [-0.4, -0.2) is 26.2 Å². The standard InChI is InChI=1S/C17H26N2O/c1-2-20-16-9-7-8-14-12-18-13-15(17(14)16)19-10-5-3-4-6-11-19/h7-9,15,18H,2-6,10-13H2,1H3/p+2/t15-/m0/s1. The molecule has 1 fully saturated rings. The second kappa shape index (κ2) is 6.59. The molecule has 110 valence electrons. The van der Waals surface area contributed by atoms with Gasteiger partial charge in [0.25, 0.3) is 0 Å². The van der Waals surface area contributed by atoms with Gasteiger partial charge in [-0.25, -0.2) is 0 Å². The molecule has 2 aliphatic rings. The predicted molar refractivity (Wildman–Crippen MR) is 80.0 cm³/mol. The highest BCUT2D eigenvalue weighted by atomic mass is 16.5. The summed E-state index contributed by atoms with van der Waals surface area (Å²) in [5.41, 5.74) is 3.00. The number of rotatable bonds is 3. The van der Waals surface area contributed by atoms with E-state index in [9.17, 15) is 0 Å². The molecule has 2 aliphatic heterocycles. The van der Waals surface area contributed by atoms with Gasteiger partial charge < -0.3 is 15.0 Å². The Kier molecular flexibility index (Phi) is 4.58. The van der Waals surface area contributed by atoms with Crippen molar-refractivity contribution in [1.29, 1.82) is 0 Å². The van der Waals surface area contributed by atoms with E-state index < -0.39 is 0 Å². The van der Waals surface area contributed by atoms with Crippen molar-refractivity contribution in [2.24, 2.45) is 0 Å². The molecule has 1 atom stereocenters. The Morgan fingerprint density at radius 2 is 2.00 bits per heavy atom. The maximum atomic E-state index is 5.93. The Morgan fingerprint density at radius 3 is 2.75 bits per heavy atom. The fourth-order valence-electron chi connectivity index (χ4n) is 3.87. The van der Waals surface area contributed by atoms with E-state index in [0.29, 0.717) is 6.04 Å². The van der Waals surface area contributed by atoms with E-state index >= 15 is 0 Å². The number of quaternary nitrogens is 2. The van der Waals surface area contributed by atoms with Crippen molar-refractivity contribution in [2.75, 3.05) is 26.2 Å². The van der Waals surface area contributed by atoms with Crippen LogP contribution in [-0.2, 0) is 6.54 Å². The Bertz CT molecular complexity index is 439. The molecule has 20 heavy (non-hydrogen) atoms. The first-order valence-electron chi connectivity index (χ1n) is 8.31. The molecule has 0 aromatic heterocycles. The van der Waals surface area contributed by atoms with E-state index in [1.807, 2.05) is 0 Å². The lowest BCUT2D eigenvalue weighted by Crippen LogP contribution is -3.15. The van der Waals surface area contributed by atoms with Gasteiger partial charge in [-0.05, 0) is 38.7 Å². The summed E-state index contributed by atoms with van der Waals surface area (Å²) in [6.07, 6.45) is 5.61. The average Bonchev–Trinajstić information content (AvgIpc) is 2.76. The third-order valence-electron chi connectivity index (χ3n) is 4.81. The zero-order valence-corrected chi connectivity index (χ0v) is 12.7. The number of ether oxygens (including phenoxy) is 1. The SMILES string of the molecule is CCOc1cccc2c1[C@@H]([NH+]1CCCCCC1)C[NH2+]C2. The summed E-state index contributed by atoms with van der Waals surface area (Å²) in [4.78, 5) is 1.78. The van der Waals surface area contributed by atoms with Crippen LogP contribution in [0.3, 0.4) is 0 Å². The number of hydrogen-bond donors (Lipinski definition) is 2. The molecule has 1 saturated heterocycles. The Hall–Kier alpha value is -1.06. The molecule has 0 bridgehead atoms. The second-order valence-corrected chi connectivity index (χ2v) is 6.12. The number of nitrogens with one attached hydrogen (secondary N) is 1. The quantitative estimate of drug-likeness (QED) is 0.835. The van der Waals surface area contributed by atoms with Gasteiger partial charge in [-0.3, -0.25) is 0 Å². The summed E-state index contributed by atoms with van der Waals surface area (Å²) in [7, 11) is 0. The number of benzene rings is 1. The fraction of sp³-hybridized carbons (Fsp3) is 0.647. The first-order valence-corrected chi connectivity index (χ1v) is 8.31. The summed E-state index contributed by atoms with van der Waals surface area (Å²) < 4.78 is 5.93. The molecule has 0 saturated carbocycles. The Balaban J connectivity index is 1.90. The fourth-order valence-corrected chi connectivity index (χ4v) is 3.87. The van der Waals surface area contributed by atoms with Gasteiger partial charge in [0.2, 0.25) is 0 Å². The van der Waals surface area contributed by atoms with Gasteiger partial charge in [0.15, 0.2) is 6.04 Å². The highest BCUT2D eigenvalue weighted by molar-refractivity contribution is 5.42. The molecular weight excluding hydrogens is 248 g/mol. The van der Waals surface area contributed by atoms with Crippen LogP contribution >= 0.6 is 0 Å². The summed E-state index contributed by atoms with van der Waals surface area (Å²) >= 11 is 0. The highest BCUT2D eigenvalue weighted by Crippen LogP contribution is 2.28. The summed E-state index contributed by atoms with van der Waals surface area (Å²) in [6, 6.07) is 7.23. The van der Waals surface area contributed by atoms with Crippen LogP contribution in [0.15, 0.2) is 18.2 Å². The molecule has 0 unspecified atom stereocenters. The molecule has 0 amide bonds. The van der Waals surface area contributed by atoms with E-state index in [1.165, 1.54) is 56.4 Å². The van der Waals surface area contributed by atoms with Crippen molar-refractivity contribution in [3.63, 3.8) is 0 Å². The Labute approximate surface area is 122 Å². The van der Waals surface area contributed by atoms with Gasteiger partial charge in [0, 0.05) is 5.56 Å². The highest BCUT2D eigenvalue weighted by Gasteiger charge is 2.34. The van der Waals surface area contributed by atoms with Crippen LogP contribution in [0.4, 0.5) is 0 Å². The first-order chi connectivity index (χ1) is 9.90. The van der Waals surface area contributed by atoms with Gasteiger partial charge in [0.05, 0.1) is 25.3 Å². The molecule has 1 aromatic carbocycles. The molecule has 2 heterocycles. The van der Waals surface area contributed by atoms with Crippen molar-refractivity contribution in [1.82, 2.24) is 0 Å². The third-order valence-corrected chi connectivity index (χ3v) is 4.81. The van der Waals surface area contributed by atoms with Crippen LogP contribution in [0.5, 0.6) is 5.75 Å². The van der Waals surface area contributed by atoms with E-state index in [4.69, 9.17) is 4.74 Å². The molecule has 1 aromatic rings. The van der Waals surface area contributed by atoms with E-state index in [0.717, 1.165) is 18.9 Å². The Morgan fingerprint density at radius 1 is 1.20 bits per heavy atom. The molecule has 0 spiro atoms. The number of likely N-dealkylation sites (tertiary alicyclic amines) is 1. The minimum Gasteiger partial charge on any atom is -0.493 e. The van der Waals surface area contributed by atoms with Crippen LogP contribution in [0.2, 0.25) is 0 Å². The average molecular weight is 276 g/mol. The zero-order chi connectivity index (χ0) is 13.8. The van der Waals surface area contributed by atoms with Crippen molar-refractivity contribution < 1.29 is 15.0 Å².